The number of aryl methyl sites for hydroxylation is 1. The van der Waals surface area contributed by atoms with Crippen LogP contribution in [0.3, 0.4) is 0 Å². The Hall–Kier alpha value is -2.66. The van der Waals surface area contributed by atoms with E-state index in [4.69, 9.17) is 5.73 Å². The third-order valence-corrected chi connectivity index (χ3v) is 4.35. The summed E-state index contributed by atoms with van der Waals surface area (Å²) in [7, 11) is 0. The van der Waals surface area contributed by atoms with Gasteiger partial charge in [-0.25, -0.2) is 0 Å². The van der Waals surface area contributed by atoms with Crippen LogP contribution in [0.15, 0.2) is 54.6 Å². The minimum Gasteiger partial charge on any atom is -0.352 e. The first-order valence-corrected chi connectivity index (χ1v) is 8.85. The first-order chi connectivity index (χ1) is 12.4. The summed E-state index contributed by atoms with van der Waals surface area (Å²) in [5.41, 5.74) is 8.54. The normalized spacial score (nSPS) is 13.1. The lowest BCUT2D eigenvalue weighted by molar-refractivity contribution is -0.124. The van der Waals surface area contributed by atoms with Crippen LogP contribution in [-0.2, 0) is 4.79 Å². The molecular weight excluding hydrogens is 326 g/mol. The van der Waals surface area contributed by atoms with E-state index in [1.165, 1.54) is 0 Å². The molecule has 0 aliphatic heterocycles. The molecule has 0 aliphatic carbocycles. The van der Waals surface area contributed by atoms with Crippen molar-refractivity contribution in [3.8, 4) is 0 Å². The van der Waals surface area contributed by atoms with E-state index in [0.29, 0.717) is 12.1 Å². The van der Waals surface area contributed by atoms with Crippen LogP contribution in [0.5, 0.6) is 0 Å². The van der Waals surface area contributed by atoms with E-state index >= 15 is 0 Å². The van der Waals surface area contributed by atoms with Gasteiger partial charge in [-0.2, -0.15) is 0 Å². The minimum atomic E-state index is -0.620. The van der Waals surface area contributed by atoms with Gasteiger partial charge in [-0.15, -0.1) is 0 Å². The smallest absolute Gasteiger partial charge is 0.252 e. The lowest BCUT2D eigenvalue weighted by Gasteiger charge is -2.23. The first kappa shape index (κ1) is 19.7. The molecule has 2 rings (SSSR count). The molecular formula is C21H27N3O2. The molecule has 5 nitrogen and oxygen atoms in total. The molecule has 2 aromatic carbocycles. The van der Waals surface area contributed by atoms with Gasteiger partial charge in [0, 0.05) is 18.2 Å². The maximum absolute atomic E-state index is 12.6. The summed E-state index contributed by atoms with van der Waals surface area (Å²) in [5, 5.41) is 5.70. The highest BCUT2D eigenvalue weighted by atomic mass is 16.2. The zero-order valence-electron chi connectivity index (χ0n) is 15.5. The second-order valence-electron chi connectivity index (χ2n) is 6.77. The molecule has 0 heterocycles. The van der Waals surface area contributed by atoms with Crippen LogP contribution < -0.4 is 16.4 Å². The molecule has 0 aliphatic rings. The van der Waals surface area contributed by atoms with Crippen LogP contribution in [0.4, 0.5) is 0 Å². The van der Waals surface area contributed by atoms with Crippen molar-refractivity contribution < 1.29 is 9.59 Å². The fraction of sp³-hybridized carbons (Fsp3) is 0.333. The second-order valence-corrected chi connectivity index (χ2v) is 6.77. The van der Waals surface area contributed by atoms with E-state index in [2.05, 4.69) is 10.6 Å². The Morgan fingerprint density at radius 3 is 2.23 bits per heavy atom. The number of benzene rings is 2. The van der Waals surface area contributed by atoms with Crippen molar-refractivity contribution in [2.24, 2.45) is 11.7 Å². The van der Waals surface area contributed by atoms with Gasteiger partial charge in [0.2, 0.25) is 5.91 Å². The van der Waals surface area contributed by atoms with Crippen molar-refractivity contribution >= 4 is 11.8 Å². The number of carbonyl (C=O) groups excluding carboxylic acids is 2. The van der Waals surface area contributed by atoms with Crippen LogP contribution in [0.1, 0.15) is 41.4 Å². The van der Waals surface area contributed by atoms with Crippen molar-refractivity contribution in [3.63, 3.8) is 0 Å². The monoisotopic (exact) mass is 353 g/mol. The Kier molecular flexibility index (Phi) is 6.92. The third-order valence-electron chi connectivity index (χ3n) is 4.35. The topological polar surface area (TPSA) is 84.2 Å². The Balaban J connectivity index is 1.99. The van der Waals surface area contributed by atoms with E-state index in [0.717, 1.165) is 11.1 Å². The SMILES string of the molecule is Cc1ccccc1C(=O)NC(C(=O)NCC(N)c1ccccc1)C(C)C. The van der Waals surface area contributed by atoms with Gasteiger partial charge in [-0.1, -0.05) is 62.4 Å². The van der Waals surface area contributed by atoms with Gasteiger partial charge in [-0.05, 0) is 30.0 Å². The van der Waals surface area contributed by atoms with E-state index in [1.54, 1.807) is 6.07 Å². The number of hydrogen-bond acceptors (Lipinski definition) is 3. The van der Waals surface area contributed by atoms with Crippen LogP contribution in [0.25, 0.3) is 0 Å². The molecule has 5 heteroatoms. The number of carbonyl (C=O) groups is 2. The summed E-state index contributed by atoms with van der Waals surface area (Å²) in [6, 6.07) is 16.0. The van der Waals surface area contributed by atoms with Crippen LogP contribution in [0, 0.1) is 12.8 Å². The molecule has 0 spiro atoms. The molecule has 2 unspecified atom stereocenters. The quantitative estimate of drug-likeness (QED) is 0.715. The van der Waals surface area contributed by atoms with Gasteiger partial charge < -0.3 is 16.4 Å². The van der Waals surface area contributed by atoms with Gasteiger partial charge >= 0.3 is 0 Å². The summed E-state index contributed by atoms with van der Waals surface area (Å²) >= 11 is 0. The average molecular weight is 353 g/mol. The Morgan fingerprint density at radius 2 is 1.62 bits per heavy atom. The lowest BCUT2D eigenvalue weighted by Crippen LogP contribution is -2.50. The molecule has 2 atom stereocenters. The molecule has 26 heavy (non-hydrogen) atoms. The second kappa shape index (κ2) is 9.15. The van der Waals surface area contributed by atoms with E-state index in [-0.39, 0.29) is 23.8 Å². The first-order valence-electron chi connectivity index (χ1n) is 8.85. The van der Waals surface area contributed by atoms with Crippen molar-refractivity contribution in [2.45, 2.75) is 32.9 Å². The Bertz CT molecular complexity index is 744. The molecule has 0 saturated heterocycles. The lowest BCUT2D eigenvalue weighted by atomic mass is 10.0. The maximum atomic E-state index is 12.6. The zero-order valence-corrected chi connectivity index (χ0v) is 15.5. The van der Waals surface area contributed by atoms with E-state index in [1.807, 2.05) is 69.3 Å². The van der Waals surface area contributed by atoms with E-state index < -0.39 is 6.04 Å². The fourth-order valence-electron chi connectivity index (χ4n) is 2.72. The van der Waals surface area contributed by atoms with Gasteiger partial charge in [0.15, 0.2) is 0 Å². The predicted molar refractivity (Wildman–Crippen MR) is 104 cm³/mol. The van der Waals surface area contributed by atoms with E-state index in [9.17, 15) is 9.59 Å². The van der Waals surface area contributed by atoms with Crippen molar-refractivity contribution in [1.29, 1.82) is 0 Å². The molecule has 0 radical (unpaired) electrons. The summed E-state index contributed by atoms with van der Waals surface area (Å²) in [4.78, 5) is 25.1. The highest BCUT2D eigenvalue weighted by Crippen LogP contribution is 2.11. The third kappa shape index (κ3) is 5.17. The summed E-state index contributed by atoms with van der Waals surface area (Å²) in [6.07, 6.45) is 0. The minimum absolute atomic E-state index is 0.0454. The molecule has 2 aromatic rings. The maximum Gasteiger partial charge on any atom is 0.252 e. The summed E-state index contributed by atoms with van der Waals surface area (Å²) < 4.78 is 0. The summed E-state index contributed by atoms with van der Waals surface area (Å²) in [5.74, 6) is -0.520. The largest absolute Gasteiger partial charge is 0.352 e. The molecule has 0 bridgehead atoms. The molecule has 0 saturated carbocycles. The molecule has 0 aromatic heterocycles. The molecule has 0 fully saturated rings. The van der Waals surface area contributed by atoms with Crippen LogP contribution in [-0.4, -0.2) is 24.4 Å². The van der Waals surface area contributed by atoms with Gasteiger partial charge in [0.05, 0.1) is 0 Å². The summed E-state index contributed by atoms with van der Waals surface area (Å²) in [6.45, 7) is 5.99. The van der Waals surface area contributed by atoms with Gasteiger partial charge in [-0.3, -0.25) is 9.59 Å². The zero-order chi connectivity index (χ0) is 19.1. The van der Waals surface area contributed by atoms with Gasteiger partial charge in [0.25, 0.3) is 5.91 Å². The number of hydrogen-bond donors (Lipinski definition) is 3. The van der Waals surface area contributed by atoms with Crippen LogP contribution in [0.2, 0.25) is 0 Å². The Labute approximate surface area is 155 Å². The number of rotatable bonds is 7. The Morgan fingerprint density at radius 1 is 1.00 bits per heavy atom. The molecule has 2 amide bonds. The number of nitrogens with two attached hydrogens (primary N) is 1. The van der Waals surface area contributed by atoms with Crippen molar-refractivity contribution in [1.82, 2.24) is 10.6 Å². The highest BCUT2D eigenvalue weighted by Gasteiger charge is 2.25. The standard InChI is InChI=1S/C21H27N3O2/c1-14(2)19(24-20(25)17-12-8-7-9-15(17)3)21(26)23-13-18(22)16-10-5-4-6-11-16/h4-12,14,18-19H,13,22H2,1-3H3,(H,23,26)(H,24,25). The van der Waals surface area contributed by atoms with Crippen LogP contribution >= 0.6 is 0 Å². The average Bonchev–Trinajstić information content (AvgIpc) is 2.64. The van der Waals surface area contributed by atoms with Crippen molar-refractivity contribution in [2.75, 3.05) is 6.54 Å². The van der Waals surface area contributed by atoms with Gasteiger partial charge in [0.1, 0.15) is 6.04 Å². The molecule has 138 valence electrons. The van der Waals surface area contributed by atoms with Crippen molar-refractivity contribution in [3.05, 3.63) is 71.3 Å². The highest BCUT2D eigenvalue weighted by molar-refractivity contribution is 5.98. The fourth-order valence-corrected chi connectivity index (χ4v) is 2.72. The predicted octanol–water partition coefficient (Wildman–Crippen LogP) is 2.57. The number of nitrogens with one attached hydrogen (secondary N) is 2. The number of amides is 2. The molecule has 4 N–H and O–H groups in total.